The van der Waals surface area contributed by atoms with E-state index in [1.54, 1.807) is 0 Å². The lowest BCUT2D eigenvalue weighted by Crippen LogP contribution is -2.50. The zero-order valence-corrected chi connectivity index (χ0v) is 14.4. The topological polar surface area (TPSA) is 117 Å². The first-order valence-electron chi connectivity index (χ1n) is 7.93. The Morgan fingerprint density at radius 3 is 2.75 bits per heavy atom. The van der Waals surface area contributed by atoms with Crippen LogP contribution in [0.3, 0.4) is 0 Å². The van der Waals surface area contributed by atoms with Crippen LogP contribution in [0.15, 0.2) is 0 Å². The van der Waals surface area contributed by atoms with Crippen molar-refractivity contribution in [1.82, 2.24) is 20.8 Å². The van der Waals surface area contributed by atoms with Gasteiger partial charge in [0.15, 0.2) is 0 Å². The average Bonchev–Trinajstić information content (AvgIpc) is 3.02. The van der Waals surface area contributed by atoms with E-state index in [1.165, 1.54) is 4.90 Å². The molecule has 1 unspecified atom stereocenters. The molecule has 3 amide bonds. The minimum Gasteiger partial charge on any atom is -0.311 e. The third-order valence-corrected chi connectivity index (χ3v) is 4.91. The summed E-state index contributed by atoms with van der Waals surface area (Å²) in [6.45, 7) is 2.95. The van der Waals surface area contributed by atoms with Gasteiger partial charge in [0.05, 0.1) is 18.4 Å². The summed E-state index contributed by atoms with van der Waals surface area (Å²) >= 11 is 0. The monoisotopic (exact) mass is 362 g/mol. The van der Waals surface area contributed by atoms with Crippen LogP contribution >= 0.6 is 0 Å². The molecule has 0 saturated carbocycles. The Bertz CT molecular complexity index is 626. The first-order chi connectivity index (χ1) is 11.2. The number of nitrogens with one attached hydrogen (secondary N) is 2. The van der Waals surface area contributed by atoms with E-state index in [-0.39, 0.29) is 18.7 Å². The number of amides is 3. The van der Waals surface area contributed by atoms with Crippen LogP contribution in [0.5, 0.6) is 0 Å². The Morgan fingerprint density at radius 2 is 2.12 bits per heavy atom. The number of carbonyl (C=O) groups is 2. The number of hydrogen-bond donors (Lipinski definition) is 2. The smallest absolute Gasteiger partial charge is 0.311 e. The first kappa shape index (κ1) is 17.4. The Labute approximate surface area is 140 Å². The number of carbonyl (C=O) groups excluding carboxylic acids is 2. The SMILES string of the molecule is C[C@H]1CC(ONC(=O)[C@@H]2CC[C@@H]3CN2C(=O)N3OS(C)(=O)=O)CN1. The average molecular weight is 362 g/mol. The molecule has 4 atom stereocenters. The van der Waals surface area contributed by atoms with Crippen LogP contribution in [-0.4, -0.2) is 73.9 Å². The van der Waals surface area contributed by atoms with E-state index in [2.05, 4.69) is 10.8 Å². The second kappa shape index (κ2) is 6.47. The minimum atomic E-state index is -3.80. The van der Waals surface area contributed by atoms with Crippen molar-refractivity contribution in [1.29, 1.82) is 0 Å². The maximum atomic E-state index is 12.3. The van der Waals surface area contributed by atoms with E-state index in [1.807, 2.05) is 6.92 Å². The molecular formula is C13H22N4O6S. The zero-order chi connectivity index (χ0) is 17.5. The van der Waals surface area contributed by atoms with Gasteiger partial charge >= 0.3 is 6.03 Å². The number of hydroxylamine groups is 3. The highest BCUT2D eigenvalue weighted by molar-refractivity contribution is 7.85. The van der Waals surface area contributed by atoms with Crippen molar-refractivity contribution >= 4 is 22.1 Å². The summed E-state index contributed by atoms with van der Waals surface area (Å²) in [5, 5.41) is 4.07. The molecule has 0 spiro atoms. The summed E-state index contributed by atoms with van der Waals surface area (Å²) in [6.07, 6.45) is 2.49. The number of fused-ring (bicyclic) bond motifs is 2. The fraction of sp³-hybridized carbons (Fsp3) is 0.846. The van der Waals surface area contributed by atoms with E-state index in [4.69, 9.17) is 9.12 Å². The Hall–Kier alpha value is -1.43. The molecule has 11 heteroatoms. The van der Waals surface area contributed by atoms with E-state index in [0.717, 1.165) is 17.7 Å². The van der Waals surface area contributed by atoms with Crippen molar-refractivity contribution in [2.45, 2.75) is 50.4 Å². The maximum absolute atomic E-state index is 12.3. The molecule has 3 rings (SSSR count). The van der Waals surface area contributed by atoms with Gasteiger partial charge in [-0.3, -0.25) is 9.63 Å². The molecular weight excluding hydrogens is 340 g/mol. The summed E-state index contributed by atoms with van der Waals surface area (Å²) in [6, 6.07) is -1.32. The van der Waals surface area contributed by atoms with Crippen molar-refractivity contribution in [3.63, 3.8) is 0 Å². The standard InChI is InChI=1S/C13H22N4O6S/c1-8-5-10(6-14-8)22-15-12(18)11-4-3-9-7-16(11)13(19)17(9)23-24(2,20)21/h8-11,14H,3-7H2,1-2H3,(H,15,18)/t8-,9+,10?,11-/m0/s1. The lowest BCUT2D eigenvalue weighted by Gasteiger charge is -2.29. The van der Waals surface area contributed by atoms with Gasteiger partial charge in [0.2, 0.25) is 0 Å². The lowest BCUT2D eigenvalue weighted by molar-refractivity contribution is -0.142. The highest BCUT2D eigenvalue weighted by Crippen LogP contribution is 2.30. The molecule has 0 radical (unpaired) electrons. The van der Waals surface area contributed by atoms with Crippen molar-refractivity contribution in [2.24, 2.45) is 0 Å². The predicted octanol–water partition coefficient (Wildman–Crippen LogP) is -1.06. The molecule has 0 aromatic rings. The van der Waals surface area contributed by atoms with Gasteiger partial charge in [-0.2, -0.15) is 13.5 Å². The van der Waals surface area contributed by atoms with Gasteiger partial charge in [0.25, 0.3) is 16.0 Å². The van der Waals surface area contributed by atoms with Crippen LogP contribution < -0.4 is 10.8 Å². The largest absolute Gasteiger partial charge is 0.346 e. The van der Waals surface area contributed by atoms with Gasteiger partial charge < -0.3 is 10.2 Å². The van der Waals surface area contributed by atoms with Gasteiger partial charge in [-0.25, -0.2) is 10.3 Å². The predicted molar refractivity (Wildman–Crippen MR) is 81.8 cm³/mol. The molecule has 0 aromatic heterocycles. The number of rotatable bonds is 5. The summed E-state index contributed by atoms with van der Waals surface area (Å²) in [5.74, 6) is -0.400. The molecule has 0 aliphatic carbocycles. The summed E-state index contributed by atoms with van der Waals surface area (Å²) in [7, 11) is -3.80. The second-order valence-corrected chi connectivity index (χ2v) is 8.09. The fourth-order valence-corrected chi connectivity index (χ4v) is 3.82. The summed E-state index contributed by atoms with van der Waals surface area (Å²) in [4.78, 5) is 31.4. The minimum absolute atomic E-state index is 0.0976. The lowest BCUT2D eigenvalue weighted by atomic mass is 10.0. The molecule has 2 N–H and O–H groups in total. The highest BCUT2D eigenvalue weighted by Gasteiger charge is 2.49. The van der Waals surface area contributed by atoms with Crippen LogP contribution in [-0.2, 0) is 24.0 Å². The van der Waals surface area contributed by atoms with Gasteiger partial charge in [-0.1, -0.05) is 0 Å². The molecule has 3 fully saturated rings. The molecule has 3 aliphatic rings. The molecule has 0 aromatic carbocycles. The number of nitrogens with zero attached hydrogens (tertiary/aromatic N) is 2. The van der Waals surface area contributed by atoms with Crippen molar-refractivity contribution < 1.29 is 27.1 Å². The van der Waals surface area contributed by atoms with Crippen LogP contribution in [0.1, 0.15) is 26.2 Å². The molecule has 3 heterocycles. The quantitative estimate of drug-likeness (QED) is 0.599. The van der Waals surface area contributed by atoms with Crippen molar-refractivity contribution in [2.75, 3.05) is 19.3 Å². The Balaban J connectivity index is 1.58. The molecule has 24 heavy (non-hydrogen) atoms. The van der Waals surface area contributed by atoms with Gasteiger partial charge in [0, 0.05) is 19.1 Å². The fourth-order valence-electron chi connectivity index (χ4n) is 3.34. The van der Waals surface area contributed by atoms with Crippen molar-refractivity contribution in [3.05, 3.63) is 0 Å². The van der Waals surface area contributed by atoms with Crippen molar-refractivity contribution in [3.8, 4) is 0 Å². The third kappa shape index (κ3) is 3.63. The van der Waals surface area contributed by atoms with Crippen LogP contribution in [0.4, 0.5) is 4.79 Å². The van der Waals surface area contributed by atoms with E-state index in [0.29, 0.717) is 25.4 Å². The molecule has 3 saturated heterocycles. The van der Waals surface area contributed by atoms with E-state index < -0.39 is 28.1 Å². The highest BCUT2D eigenvalue weighted by atomic mass is 32.2. The van der Waals surface area contributed by atoms with Crippen LogP contribution in [0, 0.1) is 0 Å². The zero-order valence-electron chi connectivity index (χ0n) is 13.6. The second-order valence-electron chi connectivity index (χ2n) is 6.54. The van der Waals surface area contributed by atoms with Crippen LogP contribution in [0.25, 0.3) is 0 Å². The van der Waals surface area contributed by atoms with E-state index in [9.17, 15) is 18.0 Å². The summed E-state index contributed by atoms with van der Waals surface area (Å²) in [5.41, 5.74) is 2.43. The van der Waals surface area contributed by atoms with Gasteiger partial charge in [0.1, 0.15) is 6.04 Å². The molecule has 3 aliphatic heterocycles. The number of urea groups is 1. The van der Waals surface area contributed by atoms with E-state index >= 15 is 0 Å². The summed E-state index contributed by atoms with van der Waals surface area (Å²) < 4.78 is 27.3. The molecule has 2 bridgehead atoms. The Morgan fingerprint density at radius 1 is 1.38 bits per heavy atom. The maximum Gasteiger partial charge on any atom is 0.346 e. The van der Waals surface area contributed by atoms with Gasteiger partial charge in [-0.05, 0) is 26.2 Å². The normalized spacial score (nSPS) is 33.2. The Kier molecular flexibility index (Phi) is 4.69. The first-order valence-corrected chi connectivity index (χ1v) is 9.74. The third-order valence-electron chi connectivity index (χ3n) is 4.48. The number of piperidine rings is 1. The van der Waals surface area contributed by atoms with Gasteiger partial charge in [-0.15, -0.1) is 4.28 Å². The van der Waals surface area contributed by atoms with Crippen LogP contribution in [0.2, 0.25) is 0 Å². The molecule has 10 nitrogen and oxygen atoms in total. The number of hydrogen-bond acceptors (Lipinski definition) is 7. The molecule has 136 valence electrons.